The van der Waals surface area contributed by atoms with Crippen molar-refractivity contribution in [2.75, 3.05) is 24.4 Å². The number of phenolic OH excluding ortho intramolecular Hbond substituents is 1. The Labute approximate surface area is 201 Å². The van der Waals surface area contributed by atoms with Gasteiger partial charge in [-0.1, -0.05) is 12.1 Å². The van der Waals surface area contributed by atoms with E-state index in [1.807, 2.05) is 6.26 Å². The van der Waals surface area contributed by atoms with Crippen molar-refractivity contribution < 1.29 is 34.5 Å². The molecular weight excluding hydrogens is 472 g/mol. The molecule has 0 radical (unpaired) electrons. The third kappa shape index (κ3) is 9.90. The fourth-order valence-corrected chi connectivity index (χ4v) is 3.40. The predicted molar refractivity (Wildman–Crippen MR) is 127 cm³/mol. The van der Waals surface area contributed by atoms with Gasteiger partial charge in [-0.05, 0) is 36.1 Å². The van der Waals surface area contributed by atoms with Crippen LogP contribution in [0.3, 0.4) is 0 Å². The molecule has 0 saturated heterocycles. The van der Waals surface area contributed by atoms with Crippen molar-refractivity contribution in [3.05, 3.63) is 29.8 Å². The highest BCUT2D eigenvalue weighted by Gasteiger charge is 2.29. The summed E-state index contributed by atoms with van der Waals surface area (Å²) in [5, 5.41) is 35.3. The van der Waals surface area contributed by atoms with Crippen molar-refractivity contribution in [2.24, 2.45) is 5.73 Å². The minimum Gasteiger partial charge on any atom is -0.508 e. The molecule has 3 amide bonds. The maximum absolute atomic E-state index is 12.6. The van der Waals surface area contributed by atoms with E-state index in [1.54, 1.807) is 0 Å². The number of rotatable bonds is 14. The second kappa shape index (κ2) is 14.6. The monoisotopic (exact) mass is 502 g/mol. The van der Waals surface area contributed by atoms with E-state index in [0.717, 1.165) is 0 Å². The lowest BCUT2D eigenvalue weighted by molar-refractivity contribution is -0.142. The number of amides is 3. The van der Waals surface area contributed by atoms with E-state index in [9.17, 15) is 34.5 Å². The highest BCUT2D eigenvalue weighted by atomic mass is 32.2. The number of carboxylic acids is 1. The number of carbonyl (C=O) groups is 4. The molecule has 8 N–H and O–H groups in total. The summed E-state index contributed by atoms with van der Waals surface area (Å²) in [6.07, 6.45) is 2.18. The Hall–Kier alpha value is -2.48. The highest BCUT2D eigenvalue weighted by Crippen LogP contribution is 2.11. The van der Waals surface area contributed by atoms with Gasteiger partial charge in [-0.2, -0.15) is 24.4 Å². The Morgan fingerprint density at radius 1 is 1.00 bits per heavy atom. The van der Waals surface area contributed by atoms with Crippen LogP contribution in [0.15, 0.2) is 24.3 Å². The number of benzene rings is 1. The van der Waals surface area contributed by atoms with Crippen LogP contribution >= 0.6 is 24.4 Å². The van der Waals surface area contributed by atoms with E-state index in [1.165, 1.54) is 36.0 Å². The molecule has 0 heterocycles. The number of thiol groups is 1. The van der Waals surface area contributed by atoms with Gasteiger partial charge in [-0.3, -0.25) is 14.4 Å². The summed E-state index contributed by atoms with van der Waals surface area (Å²) >= 11 is 5.54. The number of aliphatic hydroxyl groups excluding tert-OH is 1. The second-order valence-corrected chi connectivity index (χ2v) is 8.50. The molecule has 33 heavy (non-hydrogen) atoms. The predicted octanol–water partition coefficient (Wildman–Crippen LogP) is -1.52. The zero-order valence-corrected chi connectivity index (χ0v) is 19.8. The van der Waals surface area contributed by atoms with Crippen molar-refractivity contribution in [3.8, 4) is 5.75 Å². The third-order valence-electron chi connectivity index (χ3n) is 4.59. The first kappa shape index (κ1) is 28.6. The number of aromatic hydroxyl groups is 1. The van der Waals surface area contributed by atoms with Crippen LogP contribution in [0.25, 0.3) is 0 Å². The highest BCUT2D eigenvalue weighted by molar-refractivity contribution is 7.98. The Balaban J connectivity index is 2.75. The molecule has 4 atom stereocenters. The Bertz CT molecular complexity index is 810. The molecule has 0 saturated carbocycles. The van der Waals surface area contributed by atoms with Gasteiger partial charge in [0.25, 0.3) is 0 Å². The summed E-state index contributed by atoms with van der Waals surface area (Å²) in [4.78, 5) is 48.8. The first-order valence-electron chi connectivity index (χ1n) is 10.0. The normalized spacial score (nSPS) is 14.4. The van der Waals surface area contributed by atoms with Crippen LogP contribution in [-0.2, 0) is 25.6 Å². The first-order valence-corrected chi connectivity index (χ1v) is 12.0. The smallest absolute Gasteiger partial charge is 0.326 e. The van der Waals surface area contributed by atoms with Crippen molar-refractivity contribution in [2.45, 2.75) is 37.0 Å². The summed E-state index contributed by atoms with van der Waals surface area (Å²) < 4.78 is 0. The summed E-state index contributed by atoms with van der Waals surface area (Å²) in [5.41, 5.74) is 6.32. The molecule has 184 valence electrons. The van der Waals surface area contributed by atoms with E-state index in [2.05, 4.69) is 28.6 Å². The van der Waals surface area contributed by atoms with E-state index in [0.29, 0.717) is 17.7 Å². The topological polar surface area (TPSA) is 191 Å². The minimum atomic E-state index is -1.35. The number of hydrogen-bond acceptors (Lipinski definition) is 9. The van der Waals surface area contributed by atoms with Gasteiger partial charge in [0.2, 0.25) is 17.7 Å². The number of carboxylic acid groups (broad SMARTS) is 1. The molecule has 0 aliphatic rings. The van der Waals surface area contributed by atoms with Crippen molar-refractivity contribution >= 4 is 48.1 Å². The molecule has 1 aromatic rings. The van der Waals surface area contributed by atoms with Gasteiger partial charge in [0, 0.05) is 12.2 Å². The van der Waals surface area contributed by atoms with Crippen molar-refractivity contribution in [1.29, 1.82) is 0 Å². The van der Waals surface area contributed by atoms with E-state index in [-0.39, 0.29) is 17.9 Å². The summed E-state index contributed by atoms with van der Waals surface area (Å²) in [6.45, 7) is -0.730. The molecule has 0 spiro atoms. The largest absolute Gasteiger partial charge is 0.508 e. The lowest BCUT2D eigenvalue weighted by atomic mass is 10.1. The van der Waals surface area contributed by atoms with Crippen LogP contribution < -0.4 is 21.7 Å². The molecule has 0 aliphatic carbocycles. The second-order valence-electron chi connectivity index (χ2n) is 7.15. The number of carbonyl (C=O) groups excluding carboxylic acids is 3. The van der Waals surface area contributed by atoms with Crippen molar-refractivity contribution in [3.63, 3.8) is 0 Å². The lowest BCUT2D eigenvalue weighted by Crippen LogP contribution is -2.58. The van der Waals surface area contributed by atoms with Crippen LogP contribution in [0.2, 0.25) is 0 Å². The molecule has 13 heteroatoms. The van der Waals surface area contributed by atoms with Gasteiger partial charge >= 0.3 is 5.97 Å². The van der Waals surface area contributed by atoms with Gasteiger partial charge in [0.1, 0.15) is 23.9 Å². The van der Waals surface area contributed by atoms with Gasteiger partial charge in [-0.25, -0.2) is 4.79 Å². The number of phenols is 1. The molecule has 0 aliphatic heterocycles. The van der Waals surface area contributed by atoms with Crippen LogP contribution in [0.4, 0.5) is 0 Å². The molecule has 1 rings (SSSR count). The first-order chi connectivity index (χ1) is 15.6. The fraction of sp³-hybridized carbons (Fsp3) is 0.500. The molecule has 1 aromatic carbocycles. The van der Waals surface area contributed by atoms with E-state index in [4.69, 9.17) is 5.73 Å². The third-order valence-corrected chi connectivity index (χ3v) is 5.60. The Morgan fingerprint density at radius 2 is 1.55 bits per heavy atom. The SMILES string of the molecule is CSCCC(N)C(=O)NC(CO)C(=O)NC(CS)C(=O)NC(Cc1ccc(O)cc1)C(=O)O. The number of nitrogens with two attached hydrogens (primary N) is 1. The van der Waals surface area contributed by atoms with Crippen LogP contribution in [0, 0.1) is 0 Å². The lowest BCUT2D eigenvalue weighted by Gasteiger charge is -2.23. The zero-order valence-electron chi connectivity index (χ0n) is 18.1. The zero-order chi connectivity index (χ0) is 25.0. The average Bonchev–Trinajstić information content (AvgIpc) is 2.79. The van der Waals surface area contributed by atoms with Crippen LogP contribution in [0.1, 0.15) is 12.0 Å². The quantitative estimate of drug-likeness (QED) is 0.140. The standard InChI is InChI=1S/C20H30N4O7S2/c1-33-7-6-13(21)17(27)23-15(9-25)18(28)24-16(10-32)19(29)22-14(20(30)31)8-11-2-4-12(26)5-3-11/h2-5,13-16,25-26,32H,6-10,21H2,1H3,(H,22,29)(H,23,27)(H,24,28)(H,30,31). The molecule has 4 unspecified atom stereocenters. The number of aliphatic hydroxyl groups is 1. The Morgan fingerprint density at radius 3 is 2.06 bits per heavy atom. The summed E-state index contributed by atoms with van der Waals surface area (Å²) in [6, 6.07) is 1.09. The average molecular weight is 503 g/mol. The van der Waals surface area contributed by atoms with Gasteiger partial charge in [-0.15, -0.1) is 0 Å². The molecule has 0 fully saturated rings. The van der Waals surface area contributed by atoms with E-state index < -0.39 is 54.5 Å². The fourth-order valence-electron chi connectivity index (χ4n) is 2.66. The maximum atomic E-state index is 12.6. The van der Waals surface area contributed by atoms with Gasteiger partial charge in [0.05, 0.1) is 12.6 Å². The van der Waals surface area contributed by atoms with Crippen molar-refractivity contribution in [1.82, 2.24) is 16.0 Å². The number of nitrogens with one attached hydrogen (secondary N) is 3. The minimum absolute atomic E-state index is 0.0169. The van der Waals surface area contributed by atoms with Crippen LogP contribution in [0.5, 0.6) is 5.75 Å². The molecule has 11 nitrogen and oxygen atoms in total. The molecule has 0 bridgehead atoms. The molecular formula is C20H30N4O7S2. The molecule has 0 aromatic heterocycles. The maximum Gasteiger partial charge on any atom is 0.326 e. The number of thioether (sulfide) groups is 1. The summed E-state index contributed by atoms with van der Waals surface area (Å²) in [7, 11) is 0. The number of hydrogen-bond donors (Lipinski definition) is 8. The van der Waals surface area contributed by atoms with Gasteiger partial charge < -0.3 is 37.0 Å². The summed E-state index contributed by atoms with van der Waals surface area (Å²) in [5.74, 6) is -3.07. The number of aliphatic carboxylic acids is 1. The Kier molecular flexibility index (Phi) is 12.7. The van der Waals surface area contributed by atoms with E-state index >= 15 is 0 Å². The van der Waals surface area contributed by atoms with Gasteiger partial charge in [0.15, 0.2) is 0 Å². The van der Waals surface area contributed by atoms with Crippen LogP contribution in [-0.4, -0.2) is 87.5 Å².